The normalized spacial score (nSPS) is 13.8. The van der Waals surface area contributed by atoms with Crippen LogP contribution in [0.5, 0.6) is 11.5 Å². The van der Waals surface area contributed by atoms with Crippen LogP contribution in [0.15, 0.2) is 24.3 Å². The van der Waals surface area contributed by atoms with Crippen molar-refractivity contribution in [3.63, 3.8) is 0 Å². The van der Waals surface area contributed by atoms with Crippen molar-refractivity contribution in [2.45, 2.75) is 12.2 Å². The zero-order chi connectivity index (χ0) is 14.8. The Morgan fingerprint density at radius 1 is 0.950 bits per heavy atom. The molecule has 0 amide bonds. The molecule has 2 N–H and O–H groups in total. The minimum atomic E-state index is -0.474. The molecule has 1 aromatic rings. The zero-order valence-corrected chi connectivity index (χ0v) is 13.5. The largest absolute Gasteiger partial charge is 0.491 e. The van der Waals surface area contributed by atoms with Gasteiger partial charge in [0.2, 0.25) is 0 Å². The van der Waals surface area contributed by atoms with Crippen LogP contribution in [-0.4, -0.2) is 59.7 Å². The van der Waals surface area contributed by atoms with Crippen molar-refractivity contribution in [2.24, 2.45) is 0 Å². The topological polar surface area (TPSA) is 58.9 Å². The summed E-state index contributed by atoms with van der Waals surface area (Å²) in [7, 11) is 0. The molecule has 0 aromatic heterocycles. The quantitative estimate of drug-likeness (QED) is 0.687. The Balaban J connectivity index is 2.41. The number of rotatable bonds is 10. The first-order chi connectivity index (χ1) is 9.65. The standard InChI is InChI=1S/C14H22O4S2/c1-19-9-11(15)7-17-13-4-3-5-14(6-13)18-8-12(16)10-20-2/h3-6,11-12,15-16H,7-10H2,1-2H3. The van der Waals surface area contributed by atoms with E-state index >= 15 is 0 Å². The van der Waals surface area contributed by atoms with Gasteiger partial charge in [-0.2, -0.15) is 23.5 Å². The Morgan fingerprint density at radius 3 is 1.80 bits per heavy atom. The second-order valence-corrected chi connectivity index (χ2v) is 6.14. The lowest BCUT2D eigenvalue weighted by atomic mass is 10.3. The summed E-state index contributed by atoms with van der Waals surface area (Å²) in [6, 6.07) is 7.22. The number of ether oxygens (including phenoxy) is 2. The van der Waals surface area contributed by atoms with Crippen LogP contribution in [-0.2, 0) is 0 Å². The van der Waals surface area contributed by atoms with Crippen molar-refractivity contribution < 1.29 is 19.7 Å². The van der Waals surface area contributed by atoms with E-state index in [0.29, 0.717) is 23.0 Å². The Hall–Kier alpha value is -0.560. The molecule has 114 valence electrons. The zero-order valence-electron chi connectivity index (χ0n) is 11.8. The molecular weight excluding hydrogens is 296 g/mol. The summed E-state index contributed by atoms with van der Waals surface area (Å²) >= 11 is 3.16. The van der Waals surface area contributed by atoms with Crippen LogP contribution in [0, 0.1) is 0 Å². The van der Waals surface area contributed by atoms with Gasteiger partial charge in [-0.3, -0.25) is 0 Å². The van der Waals surface area contributed by atoms with Gasteiger partial charge in [0.15, 0.2) is 0 Å². The first-order valence-electron chi connectivity index (χ1n) is 6.35. The Labute approximate surface area is 128 Å². The van der Waals surface area contributed by atoms with Crippen molar-refractivity contribution in [2.75, 3.05) is 37.2 Å². The third-order valence-electron chi connectivity index (χ3n) is 2.41. The lowest BCUT2D eigenvalue weighted by Gasteiger charge is -2.14. The molecule has 20 heavy (non-hydrogen) atoms. The maximum absolute atomic E-state index is 9.60. The SMILES string of the molecule is CSCC(O)COc1cccc(OCC(O)CSC)c1. The number of benzene rings is 1. The molecule has 0 aliphatic heterocycles. The predicted octanol–water partition coefficient (Wildman–Crippen LogP) is 1.89. The van der Waals surface area contributed by atoms with Crippen LogP contribution in [0.2, 0.25) is 0 Å². The minimum Gasteiger partial charge on any atom is -0.491 e. The highest BCUT2D eigenvalue weighted by atomic mass is 32.2. The van der Waals surface area contributed by atoms with E-state index < -0.39 is 12.2 Å². The molecule has 0 aliphatic rings. The fraction of sp³-hybridized carbons (Fsp3) is 0.571. The van der Waals surface area contributed by atoms with Crippen LogP contribution in [0.25, 0.3) is 0 Å². The van der Waals surface area contributed by atoms with Gasteiger partial charge in [-0.15, -0.1) is 0 Å². The number of thioether (sulfide) groups is 2. The minimum absolute atomic E-state index is 0.263. The Kier molecular flexibility index (Phi) is 8.93. The summed E-state index contributed by atoms with van der Waals surface area (Å²) in [4.78, 5) is 0. The smallest absolute Gasteiger partial charge is 0.123 e. The first kappa shape index (κ1) is 17.5. The third-order valence-corrected chi connectivity index (χ3v) is 3.84. The highest BCUT2D eigenvalue weighted by Gasteiger charge is 2.07. The number of aliphatic hydroxyl groups is 2. The molecule has 0 saturated heterocycles. The number of aliphatic hydroxyl groups excluding tert-OH is 2. The summed E-state index contributed by atoms with van der Waals surface area (Å²) in [6.07, 6.45) is 2.94. The number of hydrogen-bond acceptors (Lipinski definition) is 6. The van der Waals surface area contributed by atoms with Gasteiger partial charge in [0.05, 0.1) is 12.2 Å². The number of hydrogen-bond donors (Lipinski definition) is 2. The summed E-state index contributed by atoms with van der Waals surface area (Å²) in [5, 5.41) is 19.2. The second-order valence-electron chi connectivity index (χ2n) is 4.32. The van der Waals surface area contributed by atoms with Crippen LogP contribution < -0.4 is 9.47 Å². The summed E-state index contributed by atoms with van der Waals surface area (Å²) in [6.45, 7) is 0.527. The van der Waals surface area contributed by atoms with Gasteiger partial charge in [0.25, 0.3) is 0 Å². The molecule has 0 radical (unpaired) electrons. The molecule has 0 saturated carbocycles. The van der Waals surface area contributed by atoms with Crippen LogP contribution in [0.3, 0.4) is 0 Å². The highest BCUT2D eigenvalue weighted by Crippen LogP contribution is 2.20. The van der Waals surface area contributed by atoms with E-state index in [4.69, 9.17) is 9.47 Å². The molecule has 0 heterocycles. The van der Waals surface area contributed by atoms with Gasteiger partial charge < -0.3 is 19.7 Å². The van der Waals surface area contributed by atoms with Crippen molar-refractivity contribution in [1.82, 2.24) is 0 Å². The van der Waals surface area contributed by atoms with E-state index in [0.717, 1.165) is 0 Å². The van der Waals surface area contributed by atoms with Gasteiger partial charge in [0, 0.05) is 17.6 Å². The van der Waals surface area contributed by atoms with Crippen LogP contribution in [0.1, 0.15) is 0 Å². The first-order valence-corrected chi connectivity index (χ1v) is 9.14. The molecular formula is C14H22O4S2. The fourth-order valence-corrected chi connectivity index (χ4v) is 2.48. The highest BCUT2D eigenvalue weighted by molar-refractivity contribution is 7.98. The molecule has 2 unspecified atom stereocenters. The van der Waals surface area contributed by atoms with E-state index in [9.17, 15) is 10.2 Å². The van der Waals surface area contributed by atoms with Gasteiger partial charge in [-0.1, -0.05) is 6.07 Å². The van der Waals surface area contributed by atoms with E-state index in [1.165, 1.54) is 0 Å². The van der Waals surface area contributed by atoms with E-state index in [1.807, 2.05) is 30.7 Å². The Morgan fingerprint density at radius 2 is 1.40 bits per heavy atom. The maximum Gasteiger partial charge on any atom is 0.123 e. The summed E-state index contributed by atoms with van der Waals surface area (Å²) < 4.78 is 11.0. The van der Waals surface area contributed by atoms with Crippen LogP contribution in [0.4, 0.5) is 0 Å². The van der Waals surface area contributed by atoms with Crippen molar-refractivity contribution in [3.05, 3.63) is 24.3 Å². The molecule has 0 bridgehead atoms. The van der Waals surface area contributed by atoms with E-state index in [2.05, 4.69) is 0 Å². The fourth-order valence-electron chi connectivity index (χ4n) is 1.52. The van der Waals surface area contributed by atoms with Crippen molar-refractivity contribution in [1.29, 1.82) is 0 Å². The molecule has 0 spiro atoms. The third kappa shape index (κ3) is 7.28. The lowest BCUT2D eigenvalue weighted by Crippen LogP contribution is -2.20. The summed E-state index contributed by atoms with van der Waals surface area (Å²) in [5.41, 5.74) is 0. The van der Waals surface area contributed by atoms with Gasteiger partial charge >= 0.3 is 0 Å². The predicted molar refractivity (Wildman–Crippen MR) is 86.2 cm³/mol. The lowest BCUT2D eigenvalue weighted by molar-refractivity contribution is 0.122. The van der Waals surface area contributed by atoms with Gasteiger partial charge in [-0.05, 0) is 24.6 Å². The van der Waals surface area contributed by atoms with Crippen LogP contribution >= 0.6 is 23.5 Å². The van der Waals surface area contributed by atoms with E-state index in [1.54, 1.807) is 29.6 Å². The second kappa shape index (κ2) is 10.2. The van der Waals surface area contributed by atoms with E-state index in [-0.39, 0.29) is 13.2 Å². The average Bonchev–Trinajstić information content (AvgIpc) is 2.44. The summed E-state index contributed by atoms with van der Waals surface area (Å²) in [5.74, 6) is 2.61. The monoisotopic (exact) mass is 318 g/mol. The molecule has 0 aliphatic carbocycles. The van der Waals surface area contributed by atoms with Gasteiger partial charge in [-0.25, -0.2) is 0 Å². The molecule has 1 aromatic carbocycles. The average molecular weight is 318 g/mol. The van der Waals surface area contributed by atoms with Crippen molar-refractivity contribution in [3.8, 4) is 11.5 Å². The van der Waals surface area contributed by atoms with Gasteiger partial charge in [0.1, 0.15) is 24.7 Å². The van der Waals surface area contributed by atoms with Crippen molar-refractivity contribution >= 4 is 23.5 Å². The molecule has 6 heteroatoms. The molecule has 4 nitrogen and oxygen atoms in total. The molecule has 0 fully saturated rings. The Bertz CT molecular complexity index is 345. The maximum atomic E-state index is 9.60. The molecule has 2 atom stereocenters. The molecule has 1 rings (SSSR count).